The molecule has 23 heavy (non-hydrogen) atoms. The van der Waals surface area contributed by atoms with Crippen LogP contribution < -0.4 is 0 Å². The van der Waals surface area contributed by atoms with E-state index in [0.29, 0.717) is 11.8 Å². The van der Waals surface area contributed by atoms with Crippen molar-refractivity contribution < 1.29 is 8.42 Å². The number of benzene rings is 1. The van der Waals surface area contributed by atoms with E-state index < -0.39 is 10.0 Å². The Morgan fingerprint density at radius 1 is 1.26 bits per heavy atom. The first-order valence-corrected chi connectivity index (χ1v) is 9.40. The summed E-state index contributed by atoms with van der Waals surface area (Å²) in [4.78, 5) is 0. The Morgan fingerprint density at radius 2 is 1.96 bits per heavy atom. The van der Waals surface area contributed by atoms with E-state index in [-0.39, 0.29) is 5.41 Å². The van der Waals surface area contributed by atoms with Crippen LogP contribution in [0, 0.1) is 18.3 Å². The Labute approximate surface area is 136 Å². The molecule has 4 nitrogen and oxygen atoms in total. The van der Waals surface area contributed by atoms with Crippen LogP contribution in [-0.2, 0) is 16.4 Å². The second-order valence-electron chi connectivity index (χ2n) is 7.16. The third kappa shape index (κ3) is 2.10. The first-order chi connectivity index (χ1) is 10.8. The number of aryl methyl sites for hydroxylation is 1. The molecular weight excluding hydrogens is 308 g/mol. The molecule has 0 saturated heterocycles. The predicted octanol–water partition coefficient (Wildman–Crippen LogP) is 3.34. The fourth-order valence-electron chi connectivity index (χ4n) is 4.06. The van der Waals surface area contributed by atoms with Crippen LogP contribution in [0.1, 0.15) is 42.3 Å². The minimum atomic E-state index is -3.58. The minimum absolute atomic E-state index is 0.287. The van der Waals surface area contributed by atoms with Gasteiger partial charge in [-0.15, -0.1) is 0 Å². The fourth-order valence-corrected chi connectivity index (χ4v) is 5.22. The summed E-state index contributed by atoms with van der Waals surface area (Å²) < 4.78 is 26.6. The number of rotatable bonds is 3. The van der Waals surface area contributed by atoms with Gasteiger partial charge in [0.1, 0.15) is 0 Å². The molecule has 1 aromatic carbocycles. The first-order valence-electron chi connectivity index (χ1n) is 7.89. The molecule has 1 saturated carbocycles. The Morgan fingerprint density at radius 3 is 2.65 bits per heavy atom. The third-order valence-electron chi connectivity index (χ3n) is 5.42. The highest BCUT2D eigenvalue weighted by molar-refractivity contribution is 7.92. The molecule has 2 aromatic rings. The molecule has 2 atom stereocenters. The second kappa shape index (κ2) is 4.57. The Bertz CT molecular complexity index is 908. The lowest BCUT2D eigenvalue weighted by Gasteiger charge is -2.09. The summed E-state index contributed by atoms with van der Waals surface area (Å²) in [6.07, 6.45) is 2.44. The molecule has 2 aliphatic carbocycles. The Kier molecular flexibility index (Phi) is 2.92. The third-order valence-corrected chi connectivity index (χ3v) is 6.68. The molecule has 0 N–H and O–H groups in total. The molecule has 4 rings (SSSR count). The molecule has 120 valence electrons. The highest BCUT2D eigenvalue weighted by atomic mass is 32.2. The molecule has 0 amide bonds. The van der Waals surface area contributed by atoms with Gasteiger partial charge in [0.2, 0.25) is 0 Å². The summed E-state index contributed by atoms with van der Waals surface area (Å²) in [6.45, 7) is 6.43. The summed E-state index contributed by atoms with van der Waals surface area (Å²) >= 11 is 0. The van der Waals surface area contributed by atoms with E-state index >= 15 is 0 Å². The van der Waals surface area contributed by atoms with Crippen LogP contribution in [0.5, 0.6) is 0 Å². The number of fused-ring (bicyclic) bond motifs is 3. The Balaban J connectivity index is 1.71. The van der Waals surface area contributed by atoms with Crippen molar-refractivity contribution in [1.29, 1.82) is 0 Å². The summed E-state index contributed by atoms with van der Waals surface area (Å²) in [5.74, 6) is 1.04. The first kappa shape index (κ1) is 14.7. The second-order valence-corrected chi connectivity index (χ2v) is 8.80. The monoisotopic (exact) mass is 328 g/mol. The number of hydrogen-bond donors (Lipinski definition) is 0. The normalized spacial score (nSPS) is 24.7. The van der Waals surface area contributed by atoms with Crippen LogP contribution in [0.25, 0.3) is 6.08 Å². The van der Waals surface area contributed by atoms with E-state index in [9.17, 15) is 8.42 Å². The molecule has 0 radical (unpaired) electrons. The molecule has 0 bridgehead atoms. The van der Waals surface area contributed by atoms with Gasteiger partial charge in [-0.3, -0.25) is 0 Å². The highest BCUT2D eigenvalue weighted by Gasteiger charge is 2.64. The maximum atomic E-state index is 12.7. The van der Waals surface area contributed by atoms with Gasteiger partial charge in [-0.2, -0.15) is 17.6 Å². The largest absolute Gasteiger partial charge is 0.276 e. The van der Waals surface area contributed by atoms with Gasteiger partial charge in [-0.05, 0) is 42.2 Å². The maximum absolute atomic E-state index is 12.7. The van der Waals surface area contributed by atoms with E-state index in [2.05, 4.69) is 18.9 Å². The average Bonchev–Trinajstić information content (AvgIpc) is 2.86. The molecule has 0 spiro atoms. The molecule has 1 aromatic heterocycles. The van der Waals surface area contributed by atoms with Crippen molar-refractivity contribution in [2.75, 3.05) is 0 Å². The van der Waals surface area contributed by atoms with Gasteiger partial charge in [-0.25, -0.2) is 0 Å². The zero-order chi connectivity index (χ0) is 16.4. The molecular formula is C18H20N2O2S. The summed E-state index contributed by atoms with van der Waals surface area (Å²) in [6, 6.07) is 9.43. The highest BCUT2D eigenvalue weighted by Crippen LogP contribution is 2.70. The van der Waals surface area contributed by atoms with Crippen LogP contribution in [0.2, 0.25) is 0 Å². The lowest BCUT2D eigenvalue weighted by Crippen LogP contribution is -2.15. The van der Waals surface area contributed by atoms with E-state index in [1.807, 2.05) is 37.3 Å². The smallest absolute Gasteiger partial charge is 0.200 e. The number of aromatic nitrogens is 2. The maximum Gasteiger partial charge on any atom is 0.276 e. The number of hydrogen-bond acceptors (Lipinski definition) is 3. The SMILES string of the molecule is Cc1nn(S(=O)(=O)/C=C/c2ccccc2)c2c1[C@H]1[C@@H](C2)C1(C)C. The van der Waals surface area contributed by atoms with Crippen molar-refractivity contribution in [1.82, 2.24) is 9.19 Å². The van der Waals surface area contributed by atoms with E-state index in [0.717, 1.165) is 28.9 Å². The quantitative estimate of drug-likeness (QED) is 0.868. The van der Waals surface area contributed by atoms with E-state index in [4.69, 9.17) is 0 Å². The molecule has 2 aliphatic rings. The fraction of sp³-hybridized carbons (Fsp3) is 0.389. The van der Waals surface area contributed by atoms with Crippen LogP contribution in [0.15, 0.2) is 35.7 Å². The van der Waals surface area contributed by atoms with Gasteiger partial charge >= 0.3 is 0 Å². The van der Waals surface area contributed by atoms with Crippen LogP contribution in [0.4, 0.5) is 0 Å². The summed E-state index contributed by atoms with van der Waals surface area (Å²) in [5.41, 5.74) is 4.05. The molecule has 0 aliphatic heterocycles. The van der Waals surface area contributed by atoms with Gasteiger partial charge in [0.05, 0.1) is 16.8 Å². The van der Waals surface area contributed by atoms with Gasteiger partial charge in [-0.1, -0.05) is 44.2 Å². The zero-order valence-corrected chi connectivity index (χ0v) is 14.3. The molecule has 1 heterocycles. The average molecular weight is 328 g/mol. The predicted molar refractivity (Wildman–Crippen MR) is 90.5 cm³/mol. The lowest BCUT2D eigenvalue weighted by molar-refractivity contribution is 0.531. The summed E-state index contributed by atoms with van der Waals surface area (Å²) in [5, 5.41) is 5.59. The van der Waals surface area contributed by atoms with Crippen molar-refractivity contribution in [2.45, 2.75) is 33.1 Å². The van der Waals surface area contributed by atoms with Gasteiger partial charge < -0.3 is 0 Å². The van der Waals surface area contributed by atoms with Crippen LogP contribution in [-0.4, -0.2) is 17.6 Å². The number of nitrogens with zero attached hydrogens (tertiary/aromatic N) is 2. The minimum Gasteiger partial charge on any atom is -0.200 e. The zero-order valence-electron chi connectivity index (χ0n) is 13.5. The van der Waals surface area contributed by atoms with Crippen LogP contribution in [0.3, 0.4) is 0 Å². The molecule has 0 unspecified atom stereocenters. The van der Waals surface area contributed by atoms with Crippen LogP contribution >= 0.6 is 0 Å². The van der Waals surface area contributed by atoms with Crippen molar-refractivity contribution in [3.8, 4) is 0 Å². The topological polar surface area (TPSA) is 52.0 Å². The van der Waals surface area contributed by atoms with Crippen molar-refractivity contribution >= 4 is 16.1 Å². The van der Waals surface area contributed by atoms with Crippen molar-refractivity contribution in [3.63, 3.8) is 0 Å². The standard InChI is InChI=1S/C18H20N2O2S/c1-12-16-15(11-14-17(16)18(14,2)3)20(19-12)23(21,22)10-9-13-7-5-4-6-8-13/h4-10,14,17H,11H2,1-3H3/b10-9+/t14-,17-/m1/s1. The van der Waals surface area contributed by atoms with Gasteiger partial charge in [0.25, 0.3) is 10.0 Å². The summed E-state index contributed by atoms with van der Waals surface area (Å²) in [7, 11) is -3.58. The van der Waals surface area contributed by atoms with Crippen molar-refractivity contribution in [3.05, 3.63) is 58.3 Å². The van der Waals surface area contributed by atoms with Crippen molar-refractivity contribution in [2.24, 2.45) is 11.3 Å². The van der Waals surface area contributed by atoms with Gasteiger partial charge in [0, 0.05) is 5.56 Å². The molecule has 1 fully saturated rings. The Hall–Kier alpha value is -1.88. The van der Waals surface area contributed by atoms with E-state index in [1.54, 1.807) is 6.08 Å². The van der Waals surface area contributed by atoms with Gasteiger partial charge in [0.15, 0.2) is 0 Å². The molecule has 5 heteroatoms. The lowest BCUT2D eigenvalue weighted by atomic mass is 9.98. The van der Waals surface area contributed by atoms with E-state index in [1.165, 1.54) is 9.50 Å².